The third-order valence-corrected chi connectivity index (χ3v) is 9.42. The molecule has 0 aromatic heterocycles. The number of carboxylic acids is 2. The molecule has 2 atom stereocenters. The summed E-state index contributed by atoms with van der Waals surface area (Å²) in [7, 11) is 0. The van der Waals surface area contributed by atoms with Crippen LogP contribution in [0.1, 0.15) is 245 Å². The zero-order valence-electron chi connectivity index (χ0n) is 46.7. The summed E-state index contributed by atoms with van der Waals surface area (Å²) in [4.78, 5) is 77.2. The van der Waals surface area contributed by atoms with Gasteiger partial charge in [-0.05, 0) is 46.0 Å². The van der Waals surface area contributed by atoms with Gasteiger partial charge in [-0.3, -0.25) is 24.0 Å². The van der Waals surface area contributed by atoms with E-state index in [1.807, 2.05) is 62.3 Å². The highest BCUT2D eigenvalue weighted by atomic mass is 16.5. The van der Waals surface area contributed by atoms with E-state index in [0.29, 0.717) is 38.3 Å². The van der Waals surface area contributed by atoms with Crippen LogP contribution in [0.5, 0.6) is 0 Å². The minimum Gasteiger partial charge on any atom is -0.481 e. The van der Waals surface area contributed by atoms with Crippen LogP contribution in [0.25, 0.3) is 0 Å². The van der Waals surface area contributed by atoms with Crippen LogP contribution in [0.3, 0.4) is 0 Å². The van der Waals surface area contributed by atoms with Gasteiger partial charge < -0.3 is 44.6 Å². The lowest BCUT2D eigenvalue weighted by atomic mass is 10.0. The van der Waals surface area contributed by atoms with Crippen molar-refractivity contribution in [2.75, 3.05) is 59.4 Å². The van der Waals surface area contributed by atoms with Gasteiger partial charge in [-0.1, -0.05) is 180 Å². The molecular weight excluding hydrogens is 897 g/mol. The molecule has 0 saturated carbocycles. The number of unbranched alkanes of at least 4 members (excludes halogenated alkanes) is 15. The van der Waals surface area contributed by atoms with Gasteiger partial charge in [0, 0.05) is 38.3 Å². The van der Waals surface area contributed by atoms with E-state index in [1.165, 1.54) is 71.1 Å². The normalized spacial score (nSPS) is 10.4. The lowest BCUT2D eigenvalue weighted by Crippen LogP contribution is -2.41. The number of carboxylic acid groups (broad SMARTS) is 2. The number of ketones is 2. The Bertz CT molecular complexity index is 1090. The molecule has 0 bridgehead atoms. The minimum absolute atomic E-state index is 0. The SMILES string of the molecule is C.CC.CC.CC.CC.CCCCCC(C)C(C)=O.CCCOCCOCC(C)=O.O=CCOCCOCCNC(=O)CCC(NC(=O)CCCCCCCCCCCCCCCCC(=O)O)C(=O)O. The fourth-order valence-corrected chi connectivity index (χ4v) is 5.67. The average Bonchev–Trinajstić information content (AvgIpc) is 3.34. The van der Waals surface area contributed by atoms with E-state index >= 15 is 0 Å². The smallest absolute Gasteiger partial charge is 0.326 e. The van der Waals surface area contributed by atoms with Crippen molar-refractivity contribution in [2.24, 2.45) is 5.92 Å². The number of ether oxygens (including phenoxy) is 4. The van der Waals surface area contributed by atoms with Gasteiger partial charge in [0.05, 0.1) is 33.0 Å². The van der Waals surface area contributed by atoms with Crippen LogP contribution in [0.15, 0.2) is 0 Å². The molecule has 2 amide bonds. The fourth-order valence-electron chi connectivity index (χ4n) is 5.67. The van der Waals surface area contributed by atoms with Crippen LogP contribution in [-0.2, 0) is 52.5 Å². The van der Waals surface area contributed by atoms with Crippen LogP contribution in [0, 0.1) is 5.92 Å². The van der Waals surface area contributed by atoms with Gasteiger partial charge in [-0.2, -0.15) is 0 Å². The number of rotatable bonds is 42. The second-order valence-corrected chi connectivity index (χ2v) is 15.4. The number of aldehydes is 1. The van der Waals surface area contributed by atoms with Crippen molar-refractivity contribution in [3.8, 4) is 0 Å². The molecule has 4 N–H and O–H groups in total. The van der Waals surface area contributed by atoms with Gasteiger partial charge in [-0.25, -0.2) is 4.79 Å². The summed E-state index contributed by atoms with van der Waals surface area (Å²) in [6, 6.07) is -1.10. The van der Waals surface area contributed by atoms with Crippen LogP contribution >= 0.6 is 0 Å². The van der Waals surface area contributed by atoms with Crippen LogP contribution in [-0.4, -0.2) is 117 Å². The summed E-state index contributed by atoms with van der Waals surface area (Å²) in [6.07, 6.45) is 22.3. The maximum Gasteiger partial charge on any atom is 0.326 e. The Morgan fingerprint density at radius 1 is 0.514 bits per heavy atom. The lowest BCUT2D eigenvalue weighted by Gasteiger charge is -2.14. The van der Waals surface area contributed by atoms with Crippen molar-refractivity contribution >= 4 is 41.6 Å². The predicted octanol–water partition coefficient (Wildman–Crippen LogP) is 12.6. The fraction of sp³-hybridized carbons (Fsp3) is 0.873. The molecule has 0 aliphatic carbocycles. The summed E-state index contributed by atoms with van der Waals surface area (Å²) in [5.74, 6) is -1.81. The Balaban J connectivity index is -0.000000173. The summed E-state index contributed by atoms with van der Waals surface area (Å²) >= 11 is 0. The van der Waals surface area contributed by atoms with E-state index in [9.17, 15) is 38.7 Å². The average molecular weight is 1010 g/mol. The van der Waals surface area contributed by atoms with Crippen molar-refractivity contribution in [2.45, 2.75) is 251 Å². The monoisotopic (exact) mass is 1010 g/mol. The third-order valence-electron chi connectivity index (χ3n) is 9.42. The van der Waals surface area contributed by atoms with E-state index in [-0.39, 0.29) is 89.6 Å². The Labute approximate surface area is 430 Å². The number of carbonyl (C=O) groups is 7. The van der Waals surface area contributed by atoms with E-state index in [4.69, 9.17) is 24.1 Å². The first kappa shape index (κ1) is 83.6. The highest BCUT2D eigenvalue weighted by molar-refractivity contribution is 5.84. The Morgan fingerprint density at radius 3 is 1.37 bits per heavy atom. The first-order valence-corrected chi connectivity index (χ1v) is 27.1. The molecule has 0 aliphatic rings. The van der Waals surface area contributed by atoms with Crippen molar-refractivity contribution in [3.05, 3.63) is 0 Å². The summed E-state index contributed by atoms with van der Waals surface area (Å²) in [6.45, 7) is 28.7. The topological polar surface area (TPSA) is 221 Å². The van der Waals surface area contributed by atoms with Gasteiger partial charge in [0.1, 0.15) is 31.3 Å². The maximum absolute atomic E-state index is 12.2. The van der Waals surface area contributed by atoms with Crippen LogP contribution < -0.4 is 10.6 Å². The molecule has 15 heteroatoms. The van der Waals surface area contributed by atoms with Crippen molar-refractivity contribution in [3.63, 3.8) is 0 Å². The Hall–Kier alpha value is -3.27. The molecule has 2 unspecified atom stereocenters. The highest BCUT2D eigenvalue weighted by Gasteiger charge is 2.20. The molecule has 422 valence electrons. The first-order chi connectivity index (χ1) is 33.3. The third kappa shape index (κ3) is 84.6. The second-order valence-electron chi connectivity index (χ2n) is 15.4. The molecule has 0 aromatic rings. The summed E-state index contributed by atoms with van der Waals surface area (Å²) in [5.41, 5.74) is 0. The zero-order valence-corrected chi connectivity index (χ0v) is 46.7. The predicted molar refractivity (Wildman–Crippen MR) is 290 cm³/mol. The number of amides is 2. The van der Waals surface area contributed by atoms with Gasteiger partial charge in [-0.15, -0.1) is 0 Å². The molecule has 0 fully saturated rings. The van der Waals surface area contributed by atoms with Crippen molar-refractivity contribution < 1.29 is 62.7 Å². The van der Waals surface area contributed by atoms with E-state index in [0.717, 1.165) is 58.0 Å². The first-order valence-electron chi connectivity index (χ1n) is 27.1. The quantitative estimate of drug-likeness (QED) is 0.0331. The van der Waals surface area contributed by atoms with Crippen molar-refractivity contribution in [1.82, 2.24) is 10.6 Å². The molecule has 0 radical (unpaired) electrons. The molecule has 0 aliphatic heterocycles. The molecule has 0 rings (SSSR count). The zero-order chi connectivity index (χ0) is 54.2. The summed E-state index contributed by atoms with van der Waals surface area (Å²) < 4.78 is 20.3. The number of carbonyl (C=O) groups excluding carboxylic acids is 5. The molecule has 0 spiro atoms. The Kier molecular flexibility index (Phi) is 92.2. The molecule has 0 heterocycles. The highest BCUT2D eigenvalue weighted by Crippen LogP contribution is 2.14. The van der Waals surface area contributed by atoms with Gasteiger partial charge in [0.15, 0.2) is 5.78 Å². The molecular formula is C55H114N2O13. The molecule has 0 aromatic carbocycles. The molecule has 0 saturated heterocycles. The molecule has 15 nitrogen and oxygen atoms in total. The Morgan fingerprint density at radius 2 is 0.957 bits per heavy atom. The van der Waals surface area contributed by atoms with E-state index in [2.05, 4.69) is 24.5 Å². The van der Waals surface area contributed by atoms with Gasteiger partial charge in [0.2, 0.25) is 11.8 Å². The number of Topliss-reactive ketones (excluding diaryl/α,β-unsaturated/α-hetero) is 2. The van der Waals surface area contributed by atoms with E-state index < -0.39 is 18.0 Å². The summed E-state index contributed by atoms with van der Waals surface area (Å²) in [5, 5.41) is 23.1. The molecule has 70 heavy (non-hydrogen) atoms. The number of hydrogen-bond donors (Lipinski definition) is 4. The largest absolute Gasteiger partial charge is 0.481 e. The second kappa shape index (κ2) is 77.2. The van der Waals surface area contributed by atoms with Crippen LogP contribution in [0.4, 0.5) is 0 Å². The van der Waals surface area contributed by atoms with Gasteiger partial charge >= 0.3 is 11.9 Å². The number of hydrogen-bond acceptors (Lipinski definition) is 11. The standard InChI is InChI=1S/C29H52N2O9.C9H18O.C8H16O3.4C2H6.CH4/c32-20-22-40-24-23-39-21-19-30-26(33)18-17-25(29(37)38)31-27(34)15-13-11-9-7-5-3-1-2-4-6-8-10-12-14-16-28(35)36;1-4-5-6-7-8(2)9(3)10;1-3-4-10-5-6-11-7-8(2)9;4*1-2;/h20,25H,1-19,21-24H2,(H,30,33)(H,31,34)(H,35,36)(H,37,38);8H,4-7H2,1-3H3;3-7H2,1-2H3;4*1-2H3;1H4. The van der Waals surface area contributed by atoms with E-state index in [1.54, 1.807) is 6.92 Å². The number of nitrogens with one attached hydrogen (secondary N) is 2. The number of aliphatic carboxylic acids is 2. The van der Waals surface area contributed by atoms with Crippen molar-refractivity contribution in [1.29, 1.82) is 0 Å². The maximum atomic E-state index is 12.2. The lowest BCUT2D eigenvalue weighted by molar-refractivity contribution is -0.142. The van der Waals surface area contributed by atoms with Crippen LogP contribution in [0.2, 0.25) is 0 Å². The van der Waals surface area contributed by atoms with Gasteiger partial charge in [0.25, 0.3) is 0 Å². The minimum atomic E-state index is -1.16.